The van der Waals surface area contributed by atoms with Crippen molar-refractivity contribution < 1.29 is 9.47 Å². The first kappa shape index (κ1) is 14.2. The standard InChI is InChI=1S/C14H16ClNO2S/c1-17-12-4-6-13(7-5-12)18-8-2-3-14-16-11(9-15)10-19-14/h4-7,10H,2-3,8-9H2,1H3. The van der Waals surface area contributed by atoms with Gasteiger partial charge in [0.25, 0.3) is 0 Å². The SMILES string of the molecule is COc1ccc(OCCCc2nc(CCl)cs2)cc1. The van der Waals surface area contributed by atoms with E-state index in [-0.39, 0.29) is 0 Å². The number of halogens is 1. The van der Waals surface area contributed by atoms with E-state index in [9.17, 15) is 0 Å². The van der Waals surface area contributed by atoms with Crippen molar-refractivity contribution in [3.8, 4) is 11.5 Å². The second-order valence-corrected chi connectivity index (χ2v) is 5.20. The molecule has 0 amide bonds. The van der Waals surface area contributed by atoms with Gasteiger partial charge in [-0.3, -0.25) is 0 Å². The number of benzene rings is 1. The molecular formula is C14H16ClNO2S. The van der Waals surface area contributed by atoms with E-state index in [0.717, 1.165) is 35.0 Å². The first-order valence-corrected chi connectivity index (χ1v) is 7.49. The van der Waals surface area contributed by atoms with Crippen molar-refractivity contribution >= 4 is 22.9 Å². The highest BCUT2D eigenvalue weighted by Gasteiger charge is 2.01. The number of ether oxygens (including phenoxy) is 2. The lowest BCUT2D eigenvalue weighted by Gasteiger charge is -2.06. The quantitative estimate of drug-likeness (QED) is 0.574. The molecule has 1 aromatic heterocycles. The predicted octanol–water partition coefficient (Wildman–Crippen LogP) is 3.90. The van der Waals surface area contributed by atoms with E-state index in [0.29, 0.717) is 12.5 Å². The van der Waals surface area contributed by atoms with Gasteiger partial charge in [-0.05, 0) is 30.7 Å². The molecule has 0 saturated carbocycles. The van der Waals surface area contributed by atoms with E-state index in [1.54, 1.807) is 18.4 Å². The number of aromatic nitrogens is 1. The molecule has 3 nitrogen and oxygen atoms in total. The highest BCUT2D eigenvalue weighted by Crippen LogP contribution is 2.18. The van der Waals surface area contributed by atoms with Gasteiger partial charge in [0.05, 0.1) is 30.3 Å². The van der Waals surface area contributed by atoms with Gasteiger partial charge < -0.3 is 9.47 Å². The molecule has 0 bridgehead atoms. The van der Waals surface area contributed by atoms with Gasteiger partial charge in [-0.1, -0.05) is 0 Å². The predicted molar refractivity (Wildman–Crippen MR) is 78.5 cm³/mol. The van der Waals surface area contributed by atoms with Gasteiger partial charge in [0.15, 0.2) is 0 Å². The lowest BCUT2D eigenvalue weighted by atomic mass is 10.3. The summed E-state index contributed by atoms with van der Waals surface area (Å²) < 4.78 is 10.7. The average molecular weight is 298 g/mol. The Morgan fingerprint density at radius 1 is 1.21 bits per heavy atom. The number of hydrogen-bond acceptors (Lipinski definition) is 4. The summed E-state index contributed by atoms with van der Waals surface area (Å²) in [6.45, 7) is 0.683. The van der Waals surface area contributed by atoms with Crippen molar-refractivity contribution in [3.63, 3.8) is 0 Å². The highest BCUT2D eigenvalue weighted by molar-refractivity contribution is 7.09. The number of rotatable bonds is 7. The lowest BCUT2D eigenvalue weighted by molar-refractivity contribution is 0.310. The van der Waals surface area contributed by atoms with Crippen molar-refractivity contribution in [2.75, 3.05) is 13.7 Å². The molecule has 0 radical (unpaired) electrons. The maximum Gasteiger partial charge on any atom is 0.119 e. The number of methoxy groups -OCH3 is 1. The van der Waals surface area contributed by atoms with Crippen LogP contribution in [0.25, 0.3) is 0 Å². The molecule has 0 aliphatic heterocycles. The fraction of sp³-hybridized carbons (Fsp3) is 0.357. The first-order valence-electron chi connectivity index (χ1n) is 6.08. The zero-order chi connectivity index (χ0) is 13.5. The van der Waals surface area contributed by atoms with Gasteiger partial charge in [0.1, 0.15) is 11.5 Å². The van der Waals surface area contributed by atoms with Crippen LogP contribution in [0.5, 0.6) is 11.5 Å². The fourth-order valence-corrected chi connectivity index (χ4v) is 2.68. The smallest absolute Gasteiger partial charge is 0.119 e. The van der Waals surface area contributed by atoms with Crippen LogP contribution >= 0.6 is 22.9 Å². The number of aryl methyl sites for hydroxylation is 1. The largest absolute Gasteiger partial charge is 0.497 e. The molecule has 0 fully saturated rings. The van der Waals surface area contributed by atoms with Gasteiger partial charge in [0, 0.05) is 11.8 Å². The molecule has 0 atom stereocenters. The molecule has 19 heavy (non-hydrogen) atoms. The summed E-state index contributed by atoms with van der Waals surface area (Å²) in [4.78, 5) is 4.41. The monoisotopic (exact) mass is 297 g/mol. The van der Waals surface area contributed by atoms with Crippen LogP contribution < -0.4 is 9.47 Å². The lowest BCUT2D eigenvalue weighted by Crippen LogP contribution is -1.99. The summed E-state index contributed by atoms with van der Waals surface area (Å²) >= 11 is 7.37. The van der Waals surface area contributed by atoms with Gasteiger partial charge in [0.2, 0.25) is 0 Å². The molecule has 0 spiro atoms. The van der Waals surface area contributed by atoms with Crippen LogP contribution in [0, 0.1) is 0 Å². The molecule has 2 aromatic rings. The average Bonchev–Trinajstić information content (AvgIpc) is 2.92. The van der Waals surface area contributed by atoms with Crippen molar-refractivity contribution in [1.82, 2.24) is 4.98 Å². The Morgan fingerprint density at radius 2 is 1.95 bits per heavy atom. The minimum atomic E-state index is 0.485. The van der Waals surface area contributed by atoms with E-state index in [4.69, 9.17) is 21.1 Å². The Balaban J connectivity index is 1.71. The van der Waals surface area contributed by atoms with E-state index >= 15 is 0 Å². The third kappa shape index (κ3) is 4.40. The van der Waals surface area contributed by atoms with Crippen LogP contribution in [-0.4, -0.2) is 18.7 Å². The van der Waals surface area contributed by atoms with Gasteiger partial charge in [-0.25, -0.2) is 4.98 Å². The van der Waals surface area contributed by atoms with E-state index in [2.05, 4.69) is 4.98 Å². The Morgan fingerprint density at radius 3 is 2.58 bits per heavy atom. The van der Waals surface area contributed by atoms with Crippen molar-refractivity contribution in [2.45, 2.75) is 18.7 Å². The summed E-state index contributed by atoms with van der Waals surface area (Å²) in [6, 6.07) is 7.60. The van der Waals surface area contributed by atoms with Crippen molar-refractivity contribution in [1.29, 1.82) is 0 Å². The molecule has 0 saturated heterocycles. The second kappa shape index (κ2) is 7.36. The van der Waals surface area contributed by atoms with Crippen LogP contribution in [-0.2, 0) is 12.3 Å². The zero-order valence-electron chi connectivity index (χ0n) is 10.8. The molecule has 0 aliphatic rings. The Bertz CT molecular complexity index is 498. The van der Waals surface area contributed by atoms with Crippen molar-refractivity contribution in [2.24, 2.45) is 0 Å². The number of thiazole rings is 1. The fourth-order valence-electron chi connectivity index (χ4n) is 1.61. The van der Waals surface area contributed by atoms with Crippen LogP contribution in [0.4, 0.5) is 0 Å². The topological polar surface area (TPSA) is 31.4 Å². The normalized spacial score (nSPS) is 10.4. The van der Waals surface area contributed by atoms with E-state index < -0.39 is 0 Å². The van der Waals surface area contributed by atoms with Gasteiger partial charge in [-0.15, -0.1) is 22.9 Å². The third-order valence-electron chi connectivity index (χ3n) is 2.60. The summed E-state index contributed by atoms with van der Waals surface area (Å²) in [5.74, 6) is 2.18. The summed E-state index contributed by atoms with van der Waals surface area (Å²) in [6.07, 6.45) is 1.87. The van der Waals surface area contributed by atoms with Crippen LogP contribution in [0.15, 0.2) is 29.6 Å². The van der Waals surface area contributed by atoms with E-state index in [1.807, 2.05) is 29.6 Å². The Kier molecular flexibility index (Phi) is 5.48. The van der Waals surface area contributed by atoms with Gasteiger partial charge >= 0.3 is 0 Å². The maximum atomic E-state index is 5.72. The molecule has 1 heterocycles. The van der Waals surface area contributed by atoms with Gasteiger partial charge in [-0.2, -0.15) is 0 Å². The van der Waals surface area contributed by atoms with E-state index in [1.165, 1.54) is 0 Å². The molecule has 0 N–H and O–H groups in total. The minimum Gasteiger partial charge on any atom is -0.497 e. The van der Waals surface area contributed by atoms with Crippen LogP contribution in [0.1, 0.15) is 17.1 Å². The van der Waals surface area contributed by atoms with Crippen LogP contribution in [0.2, 0.25) is 0 Å². The number of nitrogens with zero attached hydrogens (tertiary/aromatic N) is 1. The third-order valence-corrected chi connectivity index (χ3v) is 3.83. The molecule has 102 valence electrons. The van der Waals surface area contributed by atoms with Crippen molar-refractivity contribution in [3.05, 3.63) is 40.3 Å². The minimum absolute atomic E-state index is 0.485. The maximum absolute atomic E-state index is 5.72. The highest BCUT2D eigenvalue weighted by atomic mass is 35.5. The summed E-state index contributed by atoms with van der Waals surface area (Å²) in [7, 11) is 1.65. The number of hydrogen-bond donors (Lipinski definition) is 0. The Labute approximate surface area is 122 Å². The summed E-state index contributed by atoms with van der Waals surface area (Å²) in [5.41, 5.74) is 0.956. The summed E-state index contributed by atoms with van der Waals surface area (Å²) in [5, 5.41) is 3.13. The molecule has 5 heteroatoms. The number of alkyl halides is 1. The molecule has 0 unspecified atom stereocenters. The molecular weight excluding hydrogens is 282 g/mol. The first-order chi connectivity index (χ1) is 9.31. The second-order valence-electron chi connectivity index (χ2n) is 3.99. The molecule has 0 aliphatic carbocycles. The molecule has 2 rings (SSSR count). The Hall–Kier alpha value is -1.26. The zero-order valence-corrected chi connectivity index (χ0v) is 12.3. The molecule has 1 aromatic carbocycles. The van der Waals surface area contributed by atoms with Crippen LogP contribution in [0.3, 0.4) is 0 Å².